The maximum absolute atomic E-state index is 10.3. The molecule has 0 aliphatic carbocycles. The second kappa shape index (κ2) is 8.29. The van der Waals surface area contributed by atoms with Gasteiger partial charge in [-0.3, -0.25) is 0 Å². The first kappa shape index (κ1) is 26.2. The van der Waals surface area contributed by atoms with Crippen LogP contribution in [0.15, 0.2) is 0 Å². The Morgan fingerprint density at radius 3 is 0.850 bits per heavy atom. The Balaban J connectivity index is 6.08. The van der Waals surface area contributed by atoms with Crippen LogP contribution in [0.3, 0.4) is 0 Å². The number of hydrogen-bond donors (Lipinski definition) is 1. The Morgan fingerprint density at radius 1 is 0.400 bits per heavy atom. The molecule has 1 N–H and O–H groups in total. The molecule has 0 radical (unpaired) electrons. The van der Waals surface area contributed by atoms with Crippen LogP contribution >= 0.6 is 207 Å². The average Bonchev–Trinajstić information content (AvgIpc) is 2.12. The minimum absolute atomic E-state index is 0.757. The van der Waals surface area contributed by atoms with Gasteiger partial charge in [0.1, 0.15) is 9.70 Å². The smallest absolute Gasteiger partial charge is 0.202 e. The van der Waals surface area contributed by atoms with E-state index in [0.29, 0.717) is 0 Å². The van der Waals surface area contributed by atoms with Gasteiger partial charge < -0.3 is 5.11 Å². The molecule has 14 heteroatoms. The van der Waals surface area contributed by atoms with Crippen LogP contribution in [0.2, 0.25) is 0 Å². The lowest BCUT2D eigenvalue weighted by atomic mass is 10.2. The van der Waals surface area contributed by atoms with E-state index in [1.165, 1.54) is 0 Å². The van der Waals surface area contributed by atoms with E-state index in [2.05, 4.69) is 207 Å². The summed E-state index contributed by atoms with van der Waals surface area (Å²) in [5.41, 5.74) is 0. The highest BCUT2D eigenvalue weighted by molar-refractivity contribution is 9.42. The maximum Gasteiger partial charge on any atom is 0.202 e. The summed E-state index contributed by atoms with van der Waals surface area (Å²) in [5, 5.41) is 10.3. The van der Waals surface area contributed by atoms with Gasteiger partial charge in [-0.25, -0.2) is 0 Å². The van der Waals surface area contributed by atoms with Crippen molar-refractivity contribution in [1.29, 1.82) is 0 Å². The van der Waals surface area contributed by atoms with Gasteiger partial charge in [-0.05, 0) is 31.9 Å². The summed E-state index contributed by atoms with van der Waals surface area (Å²) in [6.07, 6.45) is 0. The standard InChI is InChI=1S/C6HBr13O/c7-1(8,3(11,12)5(15,16)17)2(9,10)4(13,14)6(18,19)20/h20H. The van der Waals surface area contributed by atoms with E-state index in [1.807, 2.05) is 0 Å². The van der Waals surface area contributed by atoms with Crippen LogP contribution in [0.1, 0.15) is 0 Å². The van der Waals surface area contributed by atoms with Gasteiger partial charge in [-0.2, -0.15) is 0 Å². The molecular weight excluding hydrogens is 1130 g/mol. The van der Waals surface area contributed by atoms with Gasteiger partial charge in [0.2, 0.25) is 3.42 Å². The molecule has 20 heavy (non-hydrogen) atoms. The summed E-state index contributed by atoms with van der Waals surface area (Å²) in [5.74, 6) is 0. The number of hydrogen-bond acceptors (Lipinski definition) is 1. The molecule has 0 aromatic rings. The average molecular weight is 1130 g/mol. The van der Waals surface area contributed by atoms with Gasteiger partial charge in [0.05, 0.1) is 0 Å². The van der Waals surface area contributed by atoms with Crippen molar-refractivity contribution in [2.24, 2.45) is 0 Å². The molecule has 0 fully saturated rings. The summed E-state index contributed by atoms with van der Waals surface area (Å²) in [6.45, 7) is 0. The molecule has 0 amide bonds. The summed E-state index contributed by atoms with van der Waals surface area (Å²) in [6, 6.07) is 0. The number of alkyl halides is 13. The second-order valence-corrected chi connectivity index (χ2v) is 27.2. The predicted molar refractivity (Wildman–Crippen MR) is 135 cm³/mol. The van der Waals surface area contributed by atoms with Crippen LogP contribution < -0.4 is 0 Å². The van der Waals surface area contributed by atoms with Crippen molar-refractivity contribution in [3.05, 3.63) is 0 Å². The van der Waals surface area contributed by atoms with Gasteiger partial charge in [-0.15, -0.1) is 0 Å². The molecule has 0 atom stereocenters. The highest BCUT2D eigenvalue weighted by Crippen LogP contribution is 2.74. The summed E-state index contributed by atoms with van der Waals surface area (Å²) < 4.78 is -6.21. The summed E-state index contributed by atoms with van der Waals surface area (Å²) in [7, 11) is 0. The highest BCUT2D eigenvalue weighted by Gasteiger charge is 2.73. The first-order valence-corrected chi connectivity index (χ1v) is 14.2. The van der Waals surface area contributed by atoms with E-state index in [-0.39, 0.29) is 0 Å². The van der Waals surface area contributed by atoms with Crippen molar-refractivity contribution in [2.75, 3.05) is 0 Å². The Hall–Kier alpha value is 6.20. The molecule has 0 rings (SSSR count). The molecule has 1 nitrogen and oxygen atoms in total. The third-order valence-corrected chi connectivity index (χ3v) is 26.1. The van der Waals surface area contributed by atoms with Crippen LogP contribution in [-0.2, 0) is 0 Å². The van der Waals surface area contributed by atoms with Crippen molar-refractivity contribution in [3.8, 4) is 0 Å². The fourth-order valence-electron chi connectivity index (χ4n) is 0.761. The third-order valence-electron chi connectivity index (χ3n) is 1.92. The zero-order valence-corrected chi connectivity index (χ0v) is 29.0. The summed E-state index contributed by atoms with van der Waals surface area (Å²) in [4.78, 5) is 0. The molecule has 0 saturated heterocycles. The zero-order valence-electron chi connectivity index (χ0n) is 8.36. The Labute approximate surface area is 226 Å². The third kappa shape index (κ3) is 4.97. The van der Waals surface area contributed by atoms with Crippen molar-refractivity contribution in [2.45, 2.75) is 18.5 Å². The van der Waals surface area contributed by atoms with E-state index in [1.54, 1.807) is 0 Å². The fourth-order valence-corrected chi connectivity index (χ4v) is 10.6. The highest BCUT2D eigenvalue weighted by atomic mass is 80.0. The van der Waals surface area contributed by atoms with Crippen molar-refractivity contribution in [1.82, 2.24) is 0 Å². The maximum atomic E-state index is 10.3. The minimum Gasteiger partial charge on any atom is -0.368 e. The number of aliphatic hydroxyl groups is 1. The van der Waals surface area contributed by atoms with E-state index in [4.69, 9.17) is 0 Å². The second-order valence-electron chi connectivity index (χ2n) is 3.34. The predicted octanol–water partition coefficient (Wildman–Crippen LogP) is 9.21. The molecule has 0 aliphatic rings. The Kier molecular flexibility index (Phi) is 10.9. The minimum atomic E-state index is -1.50. The van der Waals surface area contributed by atoms with Crippen LogP contribution in [0, 0.1) is 0 Å². The topological polar surface area (TPSA) is 20.2 Å². The quantitative estimate of drug-likeness (QED) is 0.279. The number of rotatable bonds is 4. The Morgan fingerprint density at radius 2 is 0.650 bits per heavy atom. The Bertz CT molecular complexity index is 324. The van der Waals surface area contributed by atoms with Crippen molar-refractivity contribution >= 4 is 207 Å². The van der Waals surface area contributed by atoms with E-state index < -0.39 is 18.5 Å². The molecule has 0 aromatic heterocycles. The SMILES string of the molecule is OC(Br)(Br)C(Br)(Br)C(Br)(Br)C(Br)(Br)C(Br)(Br)C(Br)(Br)Br. The number of halogens is 13. The normalized spacial score (nSPS) is 16.5. The van der Waals surface area contributed by atoms with Gasteiger partial charge >= 0.3 is 0 Å². The van der Waals surface area contributed by atoms with Crippen molar-refractivity contribution < 1.29 is 5.11 Å². The first-order valence-electron chi connectivity index (χ1n) is 3.93. The van der Waals surface area contributed by atoms with Crippen LogP contribution in [0.5, 0.6) is 0 Å². The molecule has 0 unspecified atom stereocenters. The van der Waals surface area contributed by atoms with Crippen LogP contribution in [0.25, 0.3) is 0 Å². The first-order chi connectivity index (χ1) is 8.25. The zero-order chi connectivity index (χ0) is 17.0. The largest absolute Gasteiger partial charge is 0.368 e. The molecule has 0 aromatic carbocycles. The van der Waals surface area contributed by atoms with E-state index in [0.717, 1.165) is 0 Å². The molecule has 0 heterocycles. The van der Waals surface area contributed by atoms with Gasteiger partial charge in [0.15, 0.2) is 5.38 Å². The lowest BCUT2D eigenvalue weighted by Gasteiger charge is -2.52. The molecule has 0 saturated carbocycles. The fraction of sp³-hybridized carbons (Fsp3) is 1.00. The van der Waals surface area contributed by atoms with E-state index in [9.17, 15) is 5.11 Å². The van der Waals surface area contributed by atoms with Gasteiger partial charge in [-0.1, -0.05) is 175 Å². The lowest BCUT2D eigenvalue weighted by molar-refractivity contribution is 0.229. The molecular formula is C6HBr13O. The summed E-state index contributed by atoms with van der Waals surface area (Å²) >= 11 is 45.2. The molecule has 0 aliphatic heterocycles. The van der Waals surface area contributed by atoms with Crippen LogP contribution in [0.4, 0.5) is 0 Å². The van der Waals surface area contributed by atoms with Crippen LogP contribution in [-0.4, -0.2) is 23.6 Å². The van der Waals surface area contributed by atoms with E-state index >= 15 is 0 Å². The van der Waals surface area contributed by atoms with Gasteiger partial charge in [0, 0.05) is 0 Å². The monoisotopic (exact) mass is 1110 g/mol. The lowest BCUT2D eigenvalue weighted by Crippen LogP contribution is -2.63. The molecule has 0 spiro atoms. The molecule has 122 valence electrons. The van der Waals surface area contributed by atoms with Crippen molar-refractivity contribution in [3.63, 3.8) is 0 Å². The van der Waals surface area contributed by atoms with Gasteiger partial charge in [0.25, 0.3) is 0 Å². The molecule has 0 bridgehead atoms.